The number of rotatable bonds is 3. The molecule has 0 radical (unpaired) electrons. The highest BCUT2D eigenvalue weighted by Gasteiger charge is 2.39. The van der Waals surface area contributed by atoms with E-state index >= 15 is 0 Å². The van der Waals surface area contributed by atoms with Gasteiger partial charge in [0.15, 0.2) is 0 Å². The molecule has 1 spiro atoms. The molecule has 1 atom stereocenters. The smallest absolute Gasteiger partial charge is 0.115 e. The van der Waals surface area contributed by atoms with Gasteiger partial charge in [-0.2, -0.15) is 0 Å². The summed E-state index contributed by atoms with van der Waals surface area (Å²) in [6, 6.07) is 4.50. The minimum atomic E-state index is 0.205. The summed E-state index contributed by atoms with van der Waals surface area (Å²) in [5, 5.41) is 0. The molecular weight excluding hydrogens is 332 g/mol. The highest BCUT2D eigenvalue weighted by Crippen LogP contribution is 2.35. The fourth-order valence-corrected chi connectivity index (χ4v) is 5.08. The molecule has 25 heavy (non-hydrogen) atoms. The van der Waals surface area contributed by atoms with Crippen LogP contribution in [0.4, 0.5) is 5.69 Å². The number of hydrogen-bond donors (Lipinski definition) is 0. The molecule has 2 aliphatic rings. The Kier molecular flexibility index (Phi) is 5.01. The van der Waals surface area contributed by atoms with Gasteiger partial charge in [-0.3, -0.25) is 4.90 Å². The van der Waals surface area contributed by atoms with Crippen LogP contribution >= 0.6 is 11.3 Å². The maximum absolute atomic E-state index is 6.04. The van der Waals surface area contributed by atoms with Gasteiger partial charge in [-0.25, -0.2) is 9.97 Å². The van der Waals surface area contributed by atoms with Crippen LogP contribution in [0.25, 0.3) is 0 Å². The van der Waals surface area contributed by atoms with Crippen LogP contribution in [0.15, 0.2) is 30.9 Å². The first-order chi connectivity index (χ1) is 12.2. The van der Waals surface area contributed by atoms with E-state index in [1.807, 2.05) is 23.7 Å². The van der Waals surface area contributed by atoms with E-state index in [4.69, 9.17) is 4.74 Å². The molecule has 4 rings (SSSR count). The normalized spacial score (nSPS) is 25.2. The fourth-order valence-electron chi connectivity index (χ4n) is 4.15. The molecule has 0 saturated carbocycles. The van der Waals surface area contributed by atoms with Gasteiger partial charge in [-0.05, 0) is 38.4 Å². The summed E-state index contributed by atoms with van der Waals surface area (Å²) in [7, 11) is 0. The fraction of sp³-hybridized carbons (Fsp3) is 0.579. The number of thiophene rings is 1. The monoisotopic (exact) mass is 358 g/mol. The van der Waals surface area contributed by atoms with Crippen molar-refractivity contribution in [1.82, 2.24) is 14.9 Å². The molecule has 2 aromatic rings. The largest absolute Gasteiger partial charge is 0.379 e. The number of anilines is 1. The van der Waals surface area contributed by atoms with Gasteiger partial charge in [0.05, 0.1) is 31.3 Å². The minimum absolute atomic E-state index is 0.205. The van der Waals surface area contributed by atoms with E-state index in [-0.39, 0.29) is 5.41 Å². The molecule has 0 aromatic carbocycles. The zero-order chi connectivity index (χ0) is 17.1. The van der Waals surface area contributed by atoms with Crippen molar-refractivity contribution >= 4 is 17.0 Å². The zero-order valence-electron chi connectivity index (χ0n) is 14.9. The number of piperidine rings is 1. The number of likely N-dealkylation sites (tertiary alicyclic amines) is 1. The molecular formula is C19H26N4OS. The Morgan fingerprint density at radius 2 is 2.08 bits per heavy atom. The van der Waals surface area contributed by atoms with E-state index < -0.39 is 0 Å². The molecule has 0 N–H and O–H groups in total. The van der Waals surface area contributed by atoms with Crippen LogP contribution in [0.2, 0.25) is 0 Å². The first-order valence-corrected chi connectivity index (χ1v) is 9.90. The lowest BCUT2D eigenvalue weighted by Gasteiger charge is -2.43. The van der Waals surface area contributed by atoms with Crippen LogP contribution in [-0.2, 0) is 11.3 Å². The van der Waals surface area contributed by atoms with E-state index in [2.05, 4.69) is 38.8 Å². The molecule has 2 aliphatic heterocycles. The molecule has 0 amide bonds. The van der Waals surface area contributed by atoms with Crippen LogP contribution in [0.3, 0.4) is 0 Å². The van der Waals surface area contributed by atoms with Crippen molar-refractivity contribution in [1.29, 1.82) is 0 Å². The van der Waals surface area contributed by atoms with Crippen molar-refractivity contribution < 1.29 is 4.74 Å². The van der Waals surface area contributed by atoms with Crippen molar-refractivity contribution in [2.24, 2.45) is 5.41 Å². The molecule has 0 bridgehead atoms. The van der Waals surface area contributed by atoms with Gasteiger partial charge >= 0.3 is 0 Å². The number of aromatic nitrogens is 2. The third-order valence-electron chi connectivity index (χ3n) is 5.27. The second-order valence-electron chi connectivity index (χ2n) is 7.40. The summed E-state index contributed by atoms with van der Waals surface area (Å²) < 4.78 is 6.04. The van der Waals surface area contributed by atoms with Gasteiger partial charge in [0.25, 0.3) is 0 Å². The van der Waals surface area contributed by atoms with Crippen molar-refractivity contribution in [2.45, 2.75) is 26.3 Å². The molecule has 0 aliphatic carbocycles. The Morgan fingerprint density at radius 3 is 2.88 bits per heavy atom. The molecule has 134 valence electrons. The quantitative estimate of drug-likeness (QED) is 0.844. The second-order valence-corrected chi connectivity index (χ2v) is 8.77. The van der Waals surface area contributed by atoms with E-state index in [9.17, 15) is 0 Å². The summed E-state index contributed by atoms with van der Waals surface area (Å²) in [4.78, 5) is 16.3. The SMILES string of the molecule is Cc1ccc(CN2CCC[C@@]3(COCCN(c4cncnc4)C3)C2)s1. The van der Waals surface area contributed by atoms with Gasteiger partial charge in [-0.1, -0.05) is 0 Å². The molecule has 2 aromatic heterocycles. The molecule has 2 saturated heterocycles. The summed E-state index contributed by atoms with van der Waals surface area (Å²) >= 11 is 1.92. The number of nitrogens with zero attached hydrogens (tertiary/aromatic N) is 4. The number of ether oxygens (including phenoxy) is 1. The Labute approximate surface area is 153 Å². The number of aryl methyl sites for hydroxylation is 1. The molecule has 6 heteroatoms. The summed E-state index contributed by atoms with van der Waals surface area (Å²) in [6.07, 6.45) is 7.91. The van der Waals surface area contributed by atoms with Crippen molar-refractivity contribution in [2.75, 3.05) is 44.3 Å². The Hall–Kier alpha value is -1.50. The molecule has 2 fully saturated rings. The summed E-state index contributed by atoms with van der Waals surface area (Å²) in [5.41, 5.74) is 1.31. The lowest BCUT2D eigenvalue weighted by atomic mass is 9.80. The molecule has 5 nitrogen and oxygen atoms in total. The molecule has 0 unspecified atom stereocenters. The number of hydrogen-bond acceptors (Lipinski definition) is 6. The standard InChI is InChI=1S/C19H26N4OS/c1-16-3-4-18(25-16)11-22-6-2-5-19(12-22)13-23(7-8-24-14-19)17-9-20-15-21-10-17/h3-4,9-10,15H,2,5-8,11-14H2,1H3/t19-/m1/s1. The predicted molar refractivity (Wildman–Crippen MR) is 101 cm³/mol. The van der Waals surface area contributed by atoms with Crippen molar-refractivity contribution in [3.8, 4) is 0 Å². The van der Waals surface area contributed by atoms with Gasteiger partial charge in [0.1, 0.15) is 6.33 Å². The van der Waals surface area contributed by atoms with Crippen molar-refractivity contribution in [3.63, 3.8) is 0 Å². The second kappa shape index (κ2) is 7.40. The third kappa shape index (κ3) is 4.02. The minimum Gasteiger partial charge on any atom is -0.379 e. The molecule has 4 heterocycles. The predicted octanol–water partition coefficient (Wildman–Crippen LogP) is 2.97. The lowest BCUT2D eigenvalue weighted by molar-refractivity contribution is 0.0110. The van der Waals surface area contributed by atoms with Crippen molar-refractivity contribution in [3.05, 3.63) is 40.6 Å². The maximum Gasteiger partial charge on any atom is 0.115 e. The van der Waals surface area contributed by atoms with Crippen LogP contribution in [0.5, 0.6) is 0 Å². The van der Waals surface area contributed by atoms with Crippen LogP contribution in [0, 0.1) is 12.3 Å². The van der Waals surface area contributed by atoms with E-state index in [0.717, 1.165) is 45.1 Å². The van der Waals surface area contributed by atoms with Crippen LogP contribution in [-0.4, -0.2) is 54.3 Å². The summed E-state index contributed by atoms with van der Waals surface area (Å²) in [5.74, 6) is 0. The Morgan fingerprint density at radius 1 is 1.20 bits per heavy atom. The highest BCUT2D eigenvalue weighted by molar-refractivity contribution is 7.11. The van der Waals surface area contributed by atoms with Crippen LogP contribution < -0.4 is 4.90 Å². The lowest BCUT2D eigenvalue weighted by Crippen LogP contribution is -2.50. The topological polar surface area (TPSA) is 41.5 Å². The Balaban J connectivity index is 1.48. The van der Waals surface area contributed by atoms with Crippen LogP contribution in [0.1, 0.15) is 22.6 Å². The maximum atomic E-state index is 6.04. The van der Waals surface area contributed by atoms with Gasteiger partial charge in [-0.15, -0.1) is 11.3 Å². The third-order valence-corrected chi connectivity index (χ3v) is 6.25. The van der Waals surface area contributed by atoms with Gasteiger partial charge < -0.3 is 9.64 Å². The first kappa shape index (κ1) is 16.9. The summed E-state index contributed by atoms with van der Waals surface area (Å²) in [6.45, 7) is 9.12. The average Bonchev–Trinajstić information content (AvgIpc) is 2.92. The van der Waals surface area contributed by atoms with E-state index in [1.165, 1.54) is 29.1 Å². The van der Waals surface area contributed by atoms with Gasteiger partial charge in [0.2, 0.25) is 0 Å². The van der Waals surface area contributed by atoms with Gasteiger partial charge in [0, 0.05) is 41.3 Å². The van der Waals surface area contributed by atoms with E-state index in [1.54, 1.807) is 6.33 Å². The average molecular weight is 359 g/mol. The first-order valence-electron chi connectivity index (χ1n) is 9.08. The Bertz CT molecular complexity index is 692. The highest BCUT2D eigenvalue weighted by atomic mass is 32.1. The van der Waals surface area contributed by atoms with E-state index in [0.29, 0.717) is 0 Å². The zero-order valence-corrected chi connectivity index (χ0v) is 15.7.